The van der Waals surface area contributed by atoms with E-state index in [-0.39, 0.29) is 0 Å². The topological polar surface area (TPSA) is 46.1 Å². The maximum Gasteiger partial charge on any atom is 0.179 e. The van der Waals surface area contributed by atoms with Crippen molar-refractivity contribution in [1.82, 2.24) is 9.13 Å². The zero-order chi connectivity index (χ0) is 52.4. The normalized spacial score (nSPS) is 12.1. The maximum atomic E-state index is 9.97. The van der Waals surface area contributed by atoms with Gasteiger partial charge in [-0.25, -0.2) is 0 Å². The van der Waals surface area contributed by atoms with Crippen molar-refractivity contribution < 1.29 is 4.74 Å². The quantitative estimate of drug-likeness (QED) is 0.107. The average Bonchev–Trinajstić information content (AvgIpc) is 4.20. The van der Waals surface area contributed by atoms with Gasteiger partial charge >= 0.3 is 0 Å². The number of benzene rings is 12. The van der Waals surface area contributed by atoms with Crippen LogP contribution in [0.4, 0.5) is 17.1 Å². The van der Waals surface area contributed by atoms with E-state index in [1.807, 2.05) is 12.1 Å². The van der Waals surface area contributed by atoms with Gasteiger partial charge < -0.3 is 18.8 Å². The Hall–Kier alpha value is -10.5. The maximum absolute atomic E-state index is 9.97. The highest BCUT2D eigenvalue weighted by molar-refractivity contribution is 7.20. The van der Waals surface area contributed by atoms with E-state index in [9.17, 15) is 5.26 Å². The molecule has 14 aromatic rings. The van der Waals surface area contributed by atoms with Crippen molar-refractivity contribution in [3.8, 4) is 51.2 Å². The SMILES string of the molecule is N#Cc1ccc2c(c1)c1ccccc1n2-c1ccc2c(c1)Oc1cc(-n3c4ccc(-c5ccccc5)cc4c4cc(-c5ccccc5)ccc43)ccc1N2c1cccc([Si](c2ccccc2)(c2ccccc2)c2ccccc2)c1. The van der Waals surface area contributed by atoms with E-state index in [1.54, 1.807) is 0 Å². The number of nitrogens with zero attached hydrogens (tertiary/aromatic N) is 4. The fourth-order valence-electron chi connectivity index (χ4n) is 12.5. The third-order valence-electron chi connectivity index (χ3n) is 16.0. The van der Waals surface area contributed by atoms with Gasteiger partial charge in [0, 0.05) is 39.4 Å². The molecule has 0 bridgehead atoms. The van der Waals surface area contributed by atoms with Gasteiger partial charge in [0.15, 0.2) is 19.6 Å². The molecule has 0 saturated heterocycles. The Morgan fingerprint density at radius 2 is 0.734 bits per heavy atom. The molecule has 0 aliphatic carbocycles. The number of aromatic nitrogens is 2. The van der Waals surface area contributed by atoms with Gasteiger partial charge in [-0.1, -0.05) is 194 Å². The molecule has 3 heterocycles. The molecule has 1 aliphatic heterocycles. The van der Waals surface area contributed by atoms with Gasteiger partial charge in [0.2, 0.25) is 0 Å². The Kier molecular flexibility index (Phi) is 10.9. The number of para-hydroxylation sites is 1. The lowest BCUT2D eigenvalue weighted by Crippen LogP contribution is -2.74. The van der Waals surface area contributed by atoms with Crippen molar-refractivity contribution >= 4 is 89.5 Å². The molecule has 0 unspecified atom stereocenters. The van der Waals surface area contributed by atoms with Gasteiger partial charge in [0.05, 0.1) is 56.4 Å². The number of nitriles is 1. The molecule has 0 atom stereocenters. The van der Waals surface area contributed by atoms with Crippen LogP contribution in [0, 0.1) is 11.3 Å². The zero-order valence-corrected chi connectivity index (χ0v) is 43.9. The molecule has 15 rings (SSSR count). The van der Waals surface area contributed by atoms with E-state index < -0.39 is 8.07 Å². The smallest absolute Gasteiger partial charge is 0.179 e. The Labute approximate surface area is 459 Å². The van der Waals surface area contributed by atoms with Crippen molar-refractivity contribution in [2.75, 3.05) is 4.90 Å². The number of hydrogen-bond acceptors (Lipinski definition) is 3. The van der Waals surface area contributed by atoms with E-state index in [4.69, 9.17) is 4.74 Å². The average molecular weight is 1030 g/mol. The van der Waals surface area contributed by atoms with Crippen LogP contribution in [0.1, 0.15) is 5.56 Å². The van der Waals surface area contributed by atoms with Crippen LogP contribution in [-0.4, -0.2) is 17.2 Å². The van der Waals surface area contributed by atoms with E-state index in [2.05, 4.69) is 299 Å². The number of fused-ring (bicyclic) bond motifs is 8. The third kappa shape index (κ3) is 7.44. The van der Waals surface area contributed by atoms with Crippen molar-refractivity contribution in [3.05, 3.63) is 297 Å². The highest BCUT2D eigenvalue weighted by atomic mass is 28.3. The van der Waals surface area contributed by atoms with Crippen LogP contribution in [0.5, 0.6) is 11.5 Å². The molecule has 12 aromatic carbocycles. The van der Waals surface area contributed by atoms with Gasteiger partial charge in [-0.05, 0) is 128 Å². The monoisotopic (exact) mass is 1020 g/mol. The molecular formula is C73H48N4OSi. The Morgan fingerprint density at radius 1 is 0.304 bits per heavy atom. The van der Waals surface area contributed by atoms with Crippen molar-refractivity contribution in [3.63, 3.8) is 0 Å². The molecule has 0 amide bonds. The fraction of sp³-hybridized carbons (Fsp3) is 0. The number of anilines is 3. The first-order chi connectivity index (χ1) is 39.1. The molecule has 5 nitrogen and oxygen atoms in total. The summed E-state index contributed by atoms with van der Waals surface area (Å²) in [5, 5.41) is 19.7. The van der Waals surface area contributed by atoms with Crippen LogP contribution in [0.25, 0.3) is 77.2 Å². The fourth-order valence-corrected chi connectivity index (χ4v) is 17.3. The third-order valence-corrected chi connectivity index (χ3v) is 20.8. The van der Waals surface area contributed by atoms with Crippen LogP contribution in [-0.2, 0) is 0 Å². The minimum absolute atomic E-state index is 0.629. The van der Waals surface area contributed by atoms with Gasteiger partial charge in [-0.3, -0.25) is 0 Å². The molecule has 2 aromatic heterocycles. The van der Waals surface area contributed by atoms with Crippen LogP contribution >= 0.6 is 0 Å². The first kappa shape index (κ1) is 45.9. The lowest BCUT2D eigenvalue weighted by molar-refractivity contribution is 0.476. The molecule has 0 fully saturated rings. The second kappa shape index (κ2) is 18.7. The van der Waals surface area contributed by atoms with Crippen molar-refractivity contribution in [1.29, 1.82) is 5.26 Å². The predicted octanol–water partition coefficient (Wildman–Crippen LogP) is 16.0. The first-order valence-corrected chi connectivity index (χ1v) is 28.8. The van der Waals surface area contributed by atoms with Crippen molar-refractivity contribution in [2.24, 2.45) is 0 Å². The molecule has 0 radical (unpaired) electrons. The first-order valence-electron chi connectivity index (χ1n) is 26.8. The molecule has 0 N–H and O–H groups in total. The zero-order valence-electron chi connectivity index (χ0n) is 42.9. The van der Waals surface area contributed by atoms with Crippen LogP contribution in [0.3, 0.4) is 0 Å². The summed E-state index contributed by atoms with van der Waals surface area (Å²) in [6, 6.07) is 108. The second-order valence-electron chi connectivity index (χ2n) is 20.4. The molecule has 6 heteroatoms. The number of ether oxygens (including phenoxy) is 1. The van der Waals surface area contributed by atoms with Crippen LogP contribution in [0.2, 0.25) is 0 Å². The van der Waals surface area contributed by atoms with Gasteiger partial charge in [0.25, 0.3) is 0 Å². The summed E-state index contributed by atoms with van der Waals surface area (Å²) in [6.45, 7) is 0. The summed E-state index contributed by atoms with van der Waals surface area (Å²) >= 11 is 0. The lowest BCUT2D eigenvalue weighted by Gasteiger charge is -2.37. The summed E-state index contributed by atoms with van der Waals surface area (Å²) in [6.07, 6.45) is 0. The molecule has 0 spiro atoms. The van der Waals surface area contributed by atoms with Crippen molar-refractivity contribution in [2.45, 2.75) is 0 Å². The minimum Gasteiger partial charge on any atom is -0.453 e. The number of rotatable bonds is 9. The van der Waals surface area contributed by atoms with E-state index >= 15 is 0 Å². The van der Waals surface area contributed by atoms with Gasteiger partial charge in [-0.2, -0.15) is 5.26 Å². The highest BCUT2D eigenvalue weighted by Gasteiger charge is 2.42. The van der Waals surface area contributed by atoms with E-state index in [0.29, 0.717) is 5.56 Å². The van der Waals surface area contributed by atoms with Crippen LogP contribution in [0.15, 0.2) is 291 Å². The van der Waals surface area contributed by atoms with Gasteiger partial charge in [0.1, 0.15) is 0 Å². The Bertz CT molecular complexity index is 4510. The molecular weight excluding hydrogens is 977 g/mol. The summed E-state index contributed by atoms with van der Waals surface area (Å²) in [5.74, 6) is 1.47. The minimum atomic E-state index is -2.92. The van der Waals surface area contributed by atoms with E-state index in [0.717, 1.165) is 72.8 Å². The largest absolute Gasteiger partial charge is 0.453 e. The second-order valence-corrected chi connectivity index (χ2v) is 24.2. The summed E-state index contributed by atoms with van der Waals surface area (Å²) in [4.78, 5) is 2.39. The van der Waals surface area contributed by atoms with Gasteiger partial charge in [-0.15, -0.1) is 0 Å². The number of hydrogen-bond donors (Lipinski definition) is 0. The molecule has 79 heavy (non-hydrogen) atoms. The summed E-state index contributed by atoms with van der Waals surface area (Å²) in [5.41, 5.74) is 14.5. The molecule has 1 aliphatic rings. The van der Waals surface area contributed by atoms with Crippen LogP contribution < -0.4 is 30.4 Å². The standard InChI is InChI=1S/C73H48N4OSi/c74-49-50-33-38-67-63(43-50)62-31-16-17-32-66(62)75(67)56-36-41-70-72(47-56)78-73-48-57(76-68-39-34-53(51-19-6-1-7-20-51)44-64(68)65-45-54(35-40-69(65)76)52-21-8-2-9-22-52)37-42-71(73)77(70)55-23-18-30-61(46-55)79(58-24-10-3-11-25-58,59-26-12-4-13-27-59)60-28-14-5-15-29-60/h1-48H. The lowest BCUT2D eigenvalue weighted by atomic mass is 10.0. The highest BCUT2D eigenvalue weighted by Crippen LogP contribution is 2.52. The Balaban J connectivity index is 0.957. The summed E-state index contributed by atoms with van der Waals surface area (Å²) < 4.78 is 12.0. The molecule has 0 saturated carbocycles. The van der Waals surface area contributed by atoms with E-state index in [1.165, 1.54) is 53.8 Å². The summed E-state index contributed by atoms with van der Waals surface area (Å²) in [7, 11) is -2.92. The Morgan fingerprint density at radius 3 is 1.24 bits per heavy atom. The molecule has 370 valence electrons. The predicted molar refractivity (Wildman–Crippen MR) is 329 cm³/mol.